The molecular formula is C12H17NO3S. The maximum atomic E-state index is 11.9. The molecule has 0 fully saturated rings. The van der Waals surface area contributed by atoms with Crippen molar-refractivity contribution in [1.29, 1.82) is 0 Å². The van der Waals surface area contributed by atoms with E-state index in [1.165, 1.54) is 12.1 Å². The molecule has 0 N–H and O–H groups in total. The average Bonchev–Trinajstić information content (AvgIpc) is 2.28. The normalized spacial score (nSPS) is 12.8. The zero-order valence-electron chi connectivity index (χ0n) is 10.3. The molecule has 0 spiro atoms. The number of sulfonamides is 1. The maximum absolute atomic E-state index is 11.9. The van der Waals surface area contributed by atoms with Crippen LogP contribution in [0.25, 0.3) is 0 Å². The molecule has 0 aliphatic rings. The van der Waals surface area contributed by atoms with Crippen LogP contribution in [0.3, 0.4) is 0 Å². The lowest BCUT2D eigenvalue weighted by atomic mass is 10.4. The van der Waals surface area contributed by atoms with Crippen molar-refractivity contribution in [1.82, 2.24) is 0 Å². The first-order valence-corrected chi connectivity index (χ1v) is 6.95. The standard InChI is InChI=1S/C12H17NO3S/c1-4-12(16-10(2)3)13-17(14,15)11-8-6-5-7-9-11/h5-10H,4H2,1-3H3. The highest BCUT2D eigenvalue weighted by Gasteiger charge is 2.14. The summed E-state index contributed by atoms with van der Waals surface area (Å²) in [7, 11) is -3.65. The predicted molar refractivity (Wildman–Crippen MR) is 67.6 cm³/mol. The predicted octanol–water partition coefficient (Wildman–Crippen LogP) is 2.61. The minimum absolute atomic E-state index is 0.0836. The number of hydrogen-bond acceptors (Lipinski definition) is 3. The van der Waals surface area contributed by atoms with E-state index in [1.54, 1.807) is 18.2 Å². The van der Waals surface area contributed by atoms with Gasteiger partial charge in [-0.2, -0.15) is 8.42 Å². The Kier molecular flexibility index (Phi) is 4.69. The summed E-state index contributed by atoms with van der Waals surface area (Å²) in [4.78, 5) is 0.179. The van der Waals surface area contributed by atoms with Crippen LogP contribution in [-0.2, 0) is 14.8 Å². The average molecular weight is 255 g/mol. The van der Waals surface area contributed by atoms with E-state index in [-0.39, 0.29) is 16.9 Å². The minimum atomic E-state index is -3.65. The van der Waals surface area contributed by atoms with E-state index in [2.05, 4.69) is 4.40 Å². The Balaban J connectivity index is 3.03. The molecule has 4 nitrogen and oxygen atoms in total. The highest BCUT2D eigenvalue weighted by Crippen LogP contribution is 2.12. The van der Waals surface area contributed by atoms with Gasteiger partial charge in [0.15, 0.2) is 5.90 Å². The van der Waals surface area contributed by atoms with E-state index in [9.17, 15) is 8.42 Å². The highest BCUT2D eigenvalue weighted by atomic mass is 32.2. The van der Waals surface area contributed by atoms with Crippen LogP contribution in [0.2, 0.25) is 0 Å². The van der Waals surface area contributed by atoms with Crippen molar-refractivity contribution >= 4 is 15.9 Å². The second-order valence-corrected chi connectivity index (χ2v) is 5.40. The maximum Gasteiger partial charge on any atom is 0.285 e. The number of hydrogen-bond donors (Lipinski definition) is 0. The lowest BCUT2D eigenvalue weighted by Gasteiger charge is -2.10. The zero-order chi connectivity index (χ0) is 12.9. The fraction of sp³-hybridized carbons (Fsp3) is 0.417. The molecule has 1 rings (SSSR count). The number of rotatable bonds is 4. The van der Waals surface area contributed by atoms with Gasteiger partial charge in [0, 0.05) is 6.42 Å². The summed E-state index contributed by atoms with van der Waals surface area (Å²) < 4.78 is 32.9. The van der Waals surface area contributed by atoms with Crippen LogP contribution in [-0.4, -0.2) is 20.4 Å². The fourth-order valence-electron chi connectivity index (χ4n) is 1.22. The Hall–Kier alpha value is -1.36. The van der Waals surface area contributed by atoms with Gasteiger partial charge in [0.05, 0.1) is 11.0 Å². The third-order valence-electron chi connectivity index (χ3n) is 1.94. The number of ether oxygens (including phenoxy) is 1. The smallest absolute Gasteiger partial charge is 0.285 e. The van der Waals surface area contributed by atoms with Gasteiger partial charge in [0.1, 0.15) is 0 Å². The van der Waals surface area contributed by atoms with E-state index in [0.717, 1.165) is 0 Å². The number of nitrogens with zero attached hydrogens (tertiary/aromatic N) is 1. The second-order valence-electron chi connectivity index (χ2n) is 3.79. The molecule has 0 aliphatic carbocycles. The molecule has 5 heteroatoms. The van der Waals surface area contributed by atoms with Gasteiger partial charge in [-0.05, 0) is 26.0 Å². The summed E-state index contributed by atoms with van der Waals surface area (Å²) in [5.41, 5.74) is 0. The Morgan fingerprint density at radius 3 is 2.35 bits per heavy atom. The molecule has 1 aromatic carbocycles. The molecule has 0 unspecified atom stereocenters. The molecule has 0 amide bonds. The van der Waals surface area contributed by atoms with E-state index >= 15 is 0 Å². The molecule has 0 radical (unpaired) electrons. The van der Waals surface area contributed by atoms with Crippen molar-refractivity contribution < 1.29 is 13.2 Å². The summed E-state index contributed by atoms with van der Waals surface area (Å²) in [6, 6.07) is 8.12. The van der Waals surface area contributed by atoms with Gasteiger partial charge >= 0.3 is 0 Å². The van der Waals surface area contributed by atoms with Crippen molar-refractivity contribution in [3.8, 4) is 0 Å². The summed E-state index contributed by atoms with van der Waals surface area (Å²) in [6.45, 7) is 5.47. The van der Waals surface area contributed by atoms with Gasteiger partial charge in [-0.15, -0.1) is 4.40 Å². The topological polar surface area (TPSA) is 55.7 Å². The first-order chi connectivity index (χ1) is 7.95. The SMILES string of the molecule is CCC(=NS(=O)(=O)c1ccccc1)OC(C)C. The first-order valence-electron chi connectivity index (χ1n) is 5.51. The van der Waals surface area contributed by atoms with Gasteiger partial charge in [-0.1, -0.05) is 25.1 Å². The third-order valence-corrected chi connectivity index (χ3v) is 3.25. The lowest BCUT2D eigenvalue weighted by Crippen LogP contribution is -2.13. The fourth-order valence-corrected chi connectivity index (χ4v) is 2.27. The third kappa shape index (κ3) is 4.19. The Morgan fingerprint density at radius 2 is 1.88 bits per heavy atom. The Labute approximate surface area is 102 Å². The molecule has 0 saturated carbocycles. The van der Waals surface area contributed by atoms with Crippen LogP contribution in [0.1, 0.15) is 27.2 Å². The van der Waals surface area contributed by atoms with E-state index in [1.807, 2.05) is 20.8 Å². The van der Waals surface area contributed by atoms with Gasteiger partial charge in [0.25, 0.3) is 10.0 Å². The molecule has 1 aromatic rings. The number of benzene rings is 1. The van der Waals surface area contributed by atoms with E-state index < -0.39 is 10.0 Å². The molecule has 0 aromatic heterocycles. The van der Waals surface area contributed by atoms with Crippen molar-refractivity contribution in [2.75, 3.05) is 0 Å². The van der Waals surface area contributed by atoms with Crippen LogP contribution >= 0.6 is 0 Å². The van der Waals surface area contributed by atoms with E-state index in [4.69, 9.17) is 4.74 Å². The van der Waals surface area contributed by atoms with Crippen molar-refractivity contribution in [2.24, 2.45) is 4.40 Å². The quantitative estimate of drug-likeness (QED) is 0.614. The van der Waals surface area contributed by atoms with Gasteiger partial charge in [0.2, 0.25) is 0 Å². The Bertz CT molecular complexity index is 478. The van der Waals surface area contributed by atoms with Gasteiger partial charge in [-0.3, -0.25) is 0 Å². The molecule has 0 atom stereocenters. The van der Waals surface area contributed by atoms with E-state index in [0.29, 0.717) is 6.42 Å². The summed E-state index contributed by atoms with van der Waals surface area (Å²) in [6.07, 6.45) is 0.365. The van der Waals surface area contributed by atoms with Crippen LogP contribution in [0.5, 0.6) is 0 Å². The van der Waals surface area contributed by atoms with Crippen LogP contribution in [0, 0.1) is 0 Å². The van der Waals surface area contributed by atoms with Gasteiger partial charge < -0.3 is 4.74 Å². The summed E-state index contributed by atoms with van der Waals surface area (Å²) in [5, 5.41) is 0. The summed E-state index contributed by atoms with van der Waals surface area (Å²) in [5.74, 6) is 0.240. The summed E-state index contributed by atoms with van der Waals surface area (Å²) >= 11 is 0. The monoisotopic (exact) mass is 255 g/mol. The highest BCUT2D eigenvalue weighted by molar-refractivity contribution is 7.90. The van der Waals surface area contributed by atoms with Crippen molar-refractivity contribution in [2.45, 2.75) is 38.2 Å². The van der Waals surface area contributed by atoms with Crippen molar-refractivity contribution in [3.63, 3.8) is 0 Å². The molecule has 0 heterocycles. The largest absolute Gasteiger partial charge is 0.478 e. The molecule has 0 aliphatic heterocycles. The zero-order valence-corrected chi connectivity index (χ0v) is 11.1. The first kappa shape index (κ1) is 13.7. The minimum Gasteiger partial charge on any atom is -0.478 e. The molecular weight excluding hydrogens is 238 g/mol. The van der Waals surface area contributed by atoms with Gasteiger partial charge in [-0.25, -0.2) is 0 Å². The molecule has 17 heavy (non-hydrogen) atoms. The Morgan fingerprint density at radius 1 is 1.29 bits per heavy atom. The second kappa shape index (κ2) is 5.82. The molecule has 94 valence electrons. The molecule has 0 saturated heterocycles. The lowest BCUT2D eigenvalue weighted by molar-refractivity contribution is 0.223. The van der Waals surface area contributed by atoms with Crippen LogP contribution < -0.4 is 0 Å². The van der Waals surface area contributed by atoms with Crippen LogP contribution in [0.4, 0.5) is 0 Å². The van der Waals surface area contributed by atoms with Crippen molar-refractivity contribution in [3.05, 3.63) is 30.3 Å². The molecule has 0 bridgehead atoms. The van der Waals surface area contributed by atoms with Crippen LogP contribution in [0.15, 0.2) is 39.6 Å².